The van der Waals surface area contributed by atoms with E-state index in [-0.39, 0.29) is 0 Å². The third-order valence-corrected chi connectivity index (χ3v) is 15.9. The summed E-state index contributed by atoms with van der Waals surface area (Å²) in [7, 11) is -0.789. The highest BCUT2D eigenvalue weighted by Crippen LogP contribution is 2.77. The van der Waals surface area contributed by atoms with Crippen molar-refractivity contribution >= 4 is 7.26 Å². The van der Waals surface area contributed by atoms with Crippen LogP contribution in [0.5, 0.6) is 0 Å². The van der Waals surface area contributed by atoms with Gasteiger partial charge in [-0.2, -0.15) is 0 Å². The van der Waals surface area contributed by atoms with E-state index >= 15 is 0 Å². The molecule has 3 aliphatic rings. The second kappa shape index (κ2) is 13.8. The smallest absolute Gasteiger partial charge is 0.0654 e. The van der Waals surface area contributed by atoms with Gasteiger partial charge in [-0.3, -0.25) is 0 Å². The molecule has 0 radical (unpaired) electrons. The van der Waals surface area contributed by atoms with Crippen LogP contribution in [-0.2, 0) is 0 Å². The van der Waals surface area contributed by atoms with Crippen molar-refractivity contribution in [3.63, 3.8) is 0 Å². The maximum absolute atomic E-state index is 2.34. The van der Waals surface area contributed by atoms with Crippen LogP contribution in [0.1, 0.15) is 155 Å². The van der Waals surface area contributed by atoms with E-state index < -0.39 is 7.26 Å². The SMILES string of the molecule is CCCCCCCCCC[P+](C1CCCCC1)(C1CCCCC1)C1CCCCC1. The average molecular weight is 422 g/mol. The average Bonchev–Trinajstić information content (AvgIpc) is 2.80. The molecule has 0 N–H and O–H groups in total. The molecule has 3 fully saturated rings. The van der Waals surface area contributed by atoms with Crippen LogP contribution in [0.2, 0.25) is 0 Å². The second-order valence-electron chi connectivity index (χ2n) is 11.1. The van der Waals surface area contributed by atoms with E-state index in [0.29, 0.717) is 0 Å². The predicted molar refractivity (Wildman–Crippen MR) is 135 cm³/mol. The van der Waals surface area contributed by atoms with Crippen LogP contribution in [0.25, 0.3) is 0 Å². The third kappa shape index (κ3) is 6.96. The Morgan fingerprint density at radius 2 is 0.793 bits per heavy atom. The Bertz CT molecular complexity index is 353. The maximum Gasteiger partial charge on any atom is 0.0703 e. The molecular formula is C28H54P+. The minimum absolute atomic E-state index is 0.789. The van der Waals surface area contributed by atoms with Crippen molar-refractivity contribution in [1.82, 2.24) is 0 Å². The van der Waals surface area contributed by atoms with Gasteiger partial charge in [0.15, 0.2) is 0 Å². The Labute approximate surface area is 185 Å². The summed E-state index contributed by atoms with van der Waals surface area (Å²) in [6.45, 7) is 2.34. The molecule has 170 valence electrons. The molecular weight excluding hydrogens is 367 g/mol. The van der Waals surface area contributed by atoms with Crippen LogP contribution in [0.15, 0.2) is 0 Å². The molecule has 0 aromatic carbocycles. The molecule has 0 atom stereocenters. The largest absolute Gasteiger partial charge is 0.0703 e. The molecule has 0 aromatic heterocycles. The molecule has 0 amide bonds. The zero-order chi connectivity index (χ0) is 20.2. The highest BCUT2D eigenvalue weighted by atomic mass is 31.2. The Balaban J connectivity index is 1.64. The Morgan fingerprint density at radius 1 is 0.448 bits per heavy atom. The van der Waals surface area contributed by atoms with E-state index in [1.807, 2.05) is 0 Å². The zero-order valence-electron chi connectivity index (χ0n) is 20.1. The molecule has 0 nitrogen and oxygen atoms in total. The van der Waals surface area contributed by atoms with Crippen molar-refractivity contribution in [2.24, 2.45) is 0 Å². The van der Waals surface area contributed by atoms with Crippen LogP contribution < -0.4 is 0 Å². The first kappa shape index (κ1) is 24.1. The van der Waals surface area contributed by atoms with Gasteiger partial charge in [0.25, 0.3) is 0 Å². The fourth-order valence-corrected chi connectivity index (χ4v) is 15.3. The number of hydrogen-bond acceptors (Lipinski definition) is 0. The van der Waals surface area contributed by atoms with E-state index in [1.54, 1.807) is 115 Å². The summed E-state index contributed by atoms with van der Waals surface area (Å²) in [6.07, 6.45) is 37.7. The Hall–Kier alpha value is 0.430. The molecule has 0 saturated heterocycles. The lowest BCUT2D eigenvalue weighted by atomic mass is 9.99. The predicted octanol–water partition coefficient (Wildman–Crippen LogP) is 10.1. The van der Waals surface area contributed by atoms with Crippen molar-refractivity contribution in [3.05, 3.63) is 0 Å². The van der Waals surface area contributed by atoms with E-state index in [4.69, 9.17) is 0 Å². The van der Waals surface area contributed by atoms with Gasteiger partial charge in [0.05, 0.1) is 23.1 Å². The fraction of sp³-hybridized carbons (Fsp3) is 1.00. The van der Waals surface area contributed by atoms with Gasteiger partial charge in [-0.1, -0.05) is 64.7 Å². The molecule has 0 heterocycles. The van der Waals surface area contributed by atoms with Crippen molar-refractivity contribution in [1.29, 1.82) is 0 Å². The third-order valence-electron chi connectivity index (χ3n) is 9.16. The summed E-state index contributed by atoms with van der Waals surface area (Å²) in [4.78, 5) is 0. The fourth-order valence-electron chi connectivity index (χ4n) is 7.65. The summed E-state index contributed by atoms with van der Waals surface area (Å²) in [5, 5.41) is 0. The standard InChI is InChI=1S/C28H54P/c1-2-3-4-5-6-7-8-18-25-29(26-19-12-9-13-20-26,27-21-14-10-15-22-27)28-23-16-11-17-24-28/h26-28H,2-25H2,1H3/q+1. The zero-order valence-corrected chi connectivity index (χ0v) is 21.0. The molecule has 3 aliphatic carbocycles. The van der Waals surface area contributed by atoms with E-state index in [2.05, 4.69) is 6.92 Å². The second-order valence-corrected chi connectivity index (χ2v) is 15.7. The van der Waals surface area contributed by atoms with Crippen LogP contribution in [0, 0.1) is 0 Å². The van der Waals surface area contributed by atoms with E-state index in [0.717, 1.165) is 0 Å². The highest BCUT2D eigenvalue weighted by molar-refractivity contribution is 7.77. The summed E-state index contributed by atoms with van der Waals surface area (Å²) < 4.78 is 0. The number of hydrogen-bond donors (Lipinski definition) is 0. The van der Waals surface area contributed by atoms with Gasteiger partial charge in [0.2, 0.25) is 0 Å². The molecule has 0 aliphatic heterocycles. The maximum atomic E-state index is 2.34. The minimum Gasteiger partial charge on any atom is -0.0654 e. The van der Waals surface area contributed by atoms with Crippen molar-refractivity contribution < 1.29 is 0 Å². The Kier molecular flexibility index (Phi) is 11.4. The van der Waals surface area contributed by atoms with Crippen LogP contribution in [0.4, 0.5) is 0 Å². The van der Waals surface area contributed by atoms with Gasteiger partial charge in [-0.15, -0.1) is 0 Å². The van der Waals surface area contributed by atoms with E-state index in [9.17, 15) is 0 Å². The lowest BCUT2D eigenvalue weighted by Crippen LogP contribution is -2.37. The van der Waals surface area contributed by atoms with Crippen LogP contribution in [-0.4, -0.2) is 23.1 Å². The molecule has 3 rings (SSSR count). The molecule has 1 heteroatoms. The summed E-state index contributed by atoms with van der Waals surface area (Å²) in [5.74, 6) is 0. The van der Waals surface area contributed by atoms with Crippen LogP contribution >= 0.6 is 7.26 Å². The van der Waals surface area contributed by atoms with Gasteiger partial charge in [0.1, 0.15) is 0 Å². The molecule has 0 aromatic rings. The first-order chi connectivity index (χ1) is 14.4. The molecule has 0 unspecified atom stereocenters. The summed E-state index contributed by atoms with van der Waals surface area (Å²) in [6, 6.07) is 0. The lowest BCUT2D eigenvalue weighted by Gasteiger charge is -2.49. The lowest BCUT2D eigenvalue weighted by molar-refractivity contribution is 0.449. The number of unbranched alkanes of at least 4 members (excludes halogenated alkanes) is 7. The highest BCUT2D eigenvalue weighted by Gasteiger charge is 2.56. The molecule has 0 spiro atoms. The van der Waals surface area contributed by atoms with Gasteiger partial charge in [-0.05, 0) is 89.9 Å². The first-order valence-electron chi connectivity index (χ1n) is 14.2. The molecule has 0 bridgehead atoms. The van der Waals surface area contributed by atoms with E-state index in [1.165, 1.54) is 55.5 Å². The van der Waals surface area contributed by atoms with Crippen molar-refractivity contribution in [3.8, 4) is 0 Å². The molecule has 3 saturated carbocycles. The van der Waals surface area contributed by atoms with Gasteiger partial charge in [0, 0.05) is 7.26 Å². The Morgan fingerprint density at radius 3 is 1.17 bits per heavy atom. The van der Waals surface area contributed by atoms with Crippen LogP contribution in [0.3, 0.4) is 0 Å². The monoisotopic (exact) mass is 421 g/mol. The first-order valence-corrected chi connectivity index (χ1v) is 16.4. The van der Waals surface area contributed by atoms with Gasteiger partial charge < -0.3 is 0 Å². The van der Waals surface area contributed by atoms with Gasteiger partial charge in [-0.25, -0.2) is 0 Å². The summed E-state index contributed by atoms with van der Waals surface area (Å²) in [5.41, 5.74) is 3.60. The quantitative estimate of drug-likeness (QED) is 0.217. The topological polar surface area (TPSA) is 0 Å². The molecule has 29 heavy (non-hydrogen) atoms. The number of rotatable bonds is 12. The normalized spacial score (nSPS) is 23.5. The van der Waals surface area contributed by atoms with Crippen molar-refractivity contribution in [2.75, 3.05) is 6.16 Å². The minimum atomic E-state index is -0.789. The van der Waals surface area contributed by atoms with Crippen molar-refractivity contribution in [2.45, 2.75) is 172 Å². The summed E-state index contributed by atoms with van der Waals surface area (Å²) >= 11 is 0. The van der Waals surface area contributed by atoms with Gasteiger partial charge >= 0.3 is 0 Å².